The zero-order valence-corrected chi connectivity index (χ0v) is 15.5. The first-order valence-corrected chi connectivity index (χ1v) is 9.19. The lowest BCUT2D eigenvalue weighted by atomic mass is 9.96. The largest absolute Gasteiger partial charge is 0.354 e. The van der Waals surface area contributed by atoms with Crippen molar-refractivity contribution in [1.29, 1.82) is 0 Å². The summed E-state index contributed by atoms with van der Waals surface area (Å²) < 4.78 is 13.5. The molecule has 3 N–H and O–H groups in total. The maximum absolute atomic E-state index is 13.5. The third kappa shape index (κ3) is 3.58. The van der Waals surface area contributed by atoms with Gasteiger partial charge in [-0.1, -0.05) is 43.6 Å². The van der Waals surface area contributed by atoms with Crippen molar-refractivity contribution in [3.8, 4) is 11.3 Å². The van der Waals surface area contributed by atoms with Crippen LogP contribution in [0.3, 0.4) is 0 Å². The number of aryl methyl sites for hydroxylation is 1. The van der Waals surface area contributed by atoms with E-state index in [1.165, 1.54) is 28.6 Å². The lowest BCUT2D eigenvalue weighted by Crippen LogP contribution is -1.99. The van der Waals surface area contributed by atoms with Gasteiger partial charge in [-0.15, -0.1) is 0 Å². The first-order valence-electron chi connectivity index (χ1n) is 8.82. The SMILES string of the molecule is CC(C)c1cccc2c(CCCCN)c(-c3ccc(F)cc3Cl)[nH]c12. The molecule has 1 aromatic heterocycles. The van der Waals surface area contributed by atoms with Crippen molar-refractivity contribution in [3.05, 3.63) is 58.4 Å². The van der Waals surface area contributed by atoms with Gasteiger partial charge in [-0.25, -0.2) is 4.39 Å². The van der Waals surface area contributed by atoms with E-state index < -0.39 is 0 Å². The molecule has 0 aliphatic heterocycles. The van der Waals surface area contributed by atoms with Crippen molar-refractivity contribution >= 4 is 22.5 Å². The Morgan fingerprint density at radius 2 is 1.96 bits per heavy atom. The molecule has 0 amide bonds. The predicted molar refractivity (Wildman–Crippen MR) is 105 cm³/mol. The Balaban J connectivity index is 2.21. The Labute approximate surface area is 153 Å². The third-order valence-corrected chi connectivity index (χ3v) is 4.99. The van der Waals surface area contributed by atoms with Crippen molar-refractivity contribution in [2.24, 2.45) is 5.73 Å². The lowest BCUT2D eigenvalue weighted by molar-refractivity contribution is 0.628. The fourth-order valence-corrected chi connectivity index (χ4v) is 3.67. The summed E-state index contributed by atoms with van der Waals surface area (Å²) in [6.45, 7) is 5.06. The van der Waals surface area contributed by atoms with Crippen LogP contribution in [0.25, 0.3) is 22.2 Å². The third-order valence-electron chi connectivity index (χ3n) is 4.68. The van der Waals surface area contributed by atoms with E-state index in [0.29, 0.717) is 17.5 Å². The Morgan fingerprint density at radius 1 is 1.16 bits per heavy atom. The molecule has 3 aromatic rings. The quantitative estimate of drug-likeness (QED) is 0.519. The van der Waals surface area contributed by atoms with Gasteiger partial charge in [-0.05, 0) is 61.1 Å². The molecule has 3 rings (SSSR count). The van der Waals surface area contributed by atoms with Gasteiger partial charge in [0.05, 0.1) is 10.7 Å². The second kappa shape index (κ2) is 7.59. The highest BCUT2D eigenvalue weighted by atomic mass is 35.5. The smallest absolute Gasteiger partial charge is 0.124 e. The average Bonchev–Trinajstić information content (AvgIpc) is 2.93. The molecule has 0 unspecified atom stereocenters. The van der Waals surface area contributed by atoms with Gasteiger partial charge >= 0.3 is 0 Å². The average molecular weight is 359 g/mol. The minimum Gasteiger partial charge on any atom is -0.354 e. The Hall–Kier alpha value is -1.84. The Morgan fingerprint density at radius 3 is 2.64 bits per heavy atom. The first kappa shape index (κ1) is 18.0. The molecule has 1 heterocycles. The number of unbranched alkanes of at least 4 members (excludes halogenated alkanes) is 1. The summed E-state index contributed by atoms with van der Waals surface area (Å²) in [6.07, 6.45) is 2.91. The summed E-state index contributed by atoms with van der Waals surface area (Å²) in [5.41, 5.74) is 11.2. The molecule has 0 fully saturated rings. The summed E-state index contributed by atoms with van der Waals surface area (Å²) >= 11 is 6.35. The number of nitrogens with one attached hydrogen (secondary N) is 1. The highest BCUT2D eigenvalue weighted by Gasteiger charge is 2.18. The van der Waals surface area contributed by atoms with Crippen LogP contribution in [0.2, 0.25) is 5.02 Å². The normalized spacial score (nSPS) is 11.6. The first-order chi connectivity index (χ1) is 12.0. The summed E-state index contributed by atoms with van der Waals surface area (Å²) in [7, 11) is 0. The van der Waals surface area contributed by atoms with Gasteiger partial charge in [0.1, 0.15) is 5.82 Å². The van der Waals surface area contributed by atoms with E-state index >= 15 is 0 Å². The molecular formula is C21H24ClFN2. The number of fused-ring (bicyclic) bond motifs is 1. The van der Waals surface area contributed by atoms with Crippen LogP contribution in [0, 0.1) is 5.82 Å². The van der Waals surface area contributed by atoms with Crippen LogP contribution in [0.15, 0.2) is 36.4 Å². The van der Waals surface area contributed by atoms with Crippen LogP contribution in [-0.4, -0.2) is 11.5 Å². The van der Waals surface area contributed by atoms with Gasteiger partial charge in [0.25, 0.3) is 0 Å². The number of para-hydroxylation sites is 1. The molecule has 0 aliphatic carbocycles. The number of aromatic amines is 1. The van der Waals surface area contributed by atoms with Gasteiger partial charge in [0.2, 0.25) is 0 Å². The lowest BCUT2D eigenvalue weighted by Gasteiger charge is -2.07. The van der Waals surface area contributed by atoms with E-state index in [9.17, 15) is 4.39 Å². The highest BCUT2D eigenvalue weighted by Crippen LogP contribution is 2.37. The molecule has 132 valence electrons. The zero-order chi connectivity index (χ0) is 18.0. The fourth-order valence-electron chi connectivity index (χ4n) is 3.41. The van der Waals surface area contributed by atoms with E-state index in [-0.39, 0.29) is 5.82 Å². The zero-order valence-electron chi connectivity index (χ0n) is 14.7. The molecule has 2 aromatic carbocycles. The number of rotatable bonds is 6. The van der Waals surface area contributed by atoms with E-state index in [0.717, 1.165) is 36.0 Å². The molecular weight excluding hydrogens is 335 g/mol. The molecule has 4 heteroatoms. The summed E-state index contributed by atoms with van der Waals surface area (Å²) in [5.74, 6) is 0.0909. The van der Waals surface area contributed by atoms with Crippen LogP contribution in [0.5, 0.6) is 0 Å². The van der Waals surface area contributed by atoms with Crippen LogP contribution in [0.4, 0.5) is 4.39 Å². The van der Waals surface area contributed by atoms with E-state index in [2.05, 4.69) is 37.0 Å². The Bertz CT molecular complexity index is 883. The Kier molecular flexibility index (Phi) is 5.45. The molecule has 25 heavy (non-hydrogen) atoms. The fraction of sp³-hybridized carbons (Fsp3) is 0.333. The second-order valence-corrected chi connectivity index (χ2v) is 7.18. The standard InChI is InChI=1S/C21H24ClFN2/c1-13(2)15-7-5-8-17-16(6-3-4-11-24)21(25-20(15)17)18-10-9-14(23)12-19(18)22/h5,7-10,12-13,25H,3-4,6,11,24H2,1-2H3. The van der Waals surface area contributed by atoms with Gasteiger partial charge in [0, 0.05) is 16.5 Å². The van der Waals surface area contributed by atoms with Crippen LogP contribution in [0.1, 0.15) is 43.7 Å². The number of H-pyrrole nitrogens is 1. The number of nitrogens with two attached hydrogens (primary N) is 1. The number of hydrogen-bond acceptors (Lipinski definition) is 1. The van der Waals surface area contributed by atoms with Crippen LogP contribution >= 0.6 is 11.6 Å². The number of halogens is 2. The van der Waals surface area contributed by atoms with Crippen molar-refractivity contribution in [1.82, 2.24) is 4.98 Å². The number of hydrogen-bond donors (Lipinski definition) is 2. The maximum Gasteiger partial charge on any atom is 0.124 e. The summed E-state index contributed by atoms with van der Waals surface area (Å²) in [5, 5.41) is 1.65. The van der Waals surface area contributed by atoms with Crippen molar-refractivity contribution < 1.29 is 4.39 Å². The van der Waals surface area contributed by atoms with E-state index in [4.69, 9.17) is 17.3 Å². The second-order valence-electron chi connectivity index (χ2n) is 6.77. The minimum absolute atomic E-state index is 0.322. The van der Waals surface area contributed by atoms with Gasteiger partial charge < -0.3 is 10.7 Å². The maximum atomic E-state index is 13.5. The summed E-state index contributed by atoms with van der Waals surface area (Å²) in [6, 6.07) is 11.0. The molecule has 0 spiro atoms. The number of aromatic nitrogens is 1. The van der Waals surface area contributed by atoms with E-state index in [1.807, 2.05) is 0 Å². The van der Waals surface area contributed by atoms with Crippen molar-refractivity contribution in [2.45, 2.75) is 39.0 Å². The minimum atomic E-state index is -0.322. The molecule has 0 bridgehead atoms. The topological polar surface area (TPSA) is 41.8 Å². The van der Waals surface area contributed by atoms with Gasteiger partial charge in [0.15, 0.2) is 0 Å². The molecule has 0 radical (unpaired) electrons. The molecule has 0 aliphatic rings. The summed E-state index contributed by atoms with van der Waals surface area (Å²) in [4.78, 5) is 3.58. The van der Waals surface area contributed by atoms with Gasteiger partial charge in [-0.3, -0.25) is 0 Å². The molecule has 0 saturated heterocycles. The highest BCUT2D eigenvalue weighted by molar-refractivity contribution is 6.33. The molecule has 2 nitrogen and oxygen atoms in total. The van der Waals surface area contributed by atoms with Crippen molar-refractivity contribution in [3.63, 3.8) is 0 Å². The molecule has 0 saturated carbocycles. The number of benzene rings is 2. The van der Waals surface area contributed by atoms with E-state index in [1.54, 1.807) is 6.07 Å². The monoisotopic (exact) mass is 358 g/mol. The van der Waals surface area contributed by atoms with Gasteiger partial charge in [-0.2, -0.15) is 0 Å². The van der Waals surface area contributed by atoms with Crippen LogP contribution < -0.4 is 5.73 Å². The van der Waals surface area contributed by atoms with Crippen LogP contribution in [-0.2, 0) is 6.42 Å². The molecule has 0 atom stereocenters. The van der Waals surface area contributed by atoms with Crippen molar-refractivity contribution in [2.75, 3.05) is 6.54 Å². The predicted octanol–water partition coefficient (Wildman–Crippen LogP) is 6.03.